The number of anilines is 1. The number of benzene rings is 1. The monoisotopic (exact) mass is 251 g/mol. The van der Waals surface area contributed by atoms with E-state index in [9.17, 15) is 9.90 Å². The Morgan fingerprint density at radius 3 is 2.33 bits per heavy atom. The number of methoxy groups -OCH3 is 1. The summed E-state index contributed by atoms with van der Waals surface area (Å²) in [5, 5.41) is 9.40. The quantitative estimate of drug-likeness (QED) is 0.893. The number of carbonyl (C=O) groups excluding carboxylic acids is 1. The summed E-state index contributed by atoms with van der Waals surface area (Å²) in [6, 6.07) is 2.01. The largest absolute Gasteiger partial charge is 0.494 e. The van der Waals surface area contributed by atoms with Crippen LogP contribution in [-0.4, -0.2) is 31.3 Å². The van der Waals surface area contributed by atoms with Gasteiger partial charge in [-0.25, -0.2) is 0 Å². The van der Waals surface area contributed by atoms with E-state index >= 15 is 0 Å². The van der Waals surface area contributed by atoms with Gasteiger partial charge in [-0.15, -0.1) is 0 Å². The van der Waals surface area contributed by atoms with Gasteiger partial charge in [0.25, 0.3) is 5.91 Å². The zero-order chi connectivity index (χ0) is 14.0. The number of aryl methyl sites for hydroxylation is 2. The van der Waals surface area contributed by atoms with Crippen LogP contribution >= 0.6 is 0 Å². The number of likely N-dealkylation sites (N-methyl/N-ethyl adjacent to an activating group) is 1. The molecule has 0 bridgehead atoms. The van der Waals surface area contributed by atoms with E-state index in [4.69, 9.17) is 4.74 Å². The van der Waals surface area contributed by atoms with Gasteiger partial charge in [0.2, 0.25) is 0 Å². The second-order valence-corrected chi connectivity index (χ2v) is 4.59. The lowest BCUT2D eigenvalue weighted by Crippen LogP contribution is -2.35. The van der Waals surface area contributed by atoms with Gasteiger partial charge in [-0.05, 0) is 44.4 Å². The Hall–Kier alpha value is -1.55. The molecule has 0 aliphatic carbocycles. The van der Waals surface area contributed by atoms with Crippen molar-refractivity contribution in [2.24, 2.45) is 0 Å². The molecule has 1 unspecified atom stereocenters. The Bertz CT molecular complexity index is 467. The van der Waals surface area contributed by atoms with Crippen LogP contribution in [0.4, 0.5) is 5.69 Å². The van der Waals surface area contributed by atoms with Crippen molar-refractivity contribution >= 4 is 11.6 Å². The predicted molar refractivity (Wildman–Crippen MR) is 72.3 cm³/mol. The highest BCUT2D eigenvalue weighted by Crippen LogP contribution is 2.36. The number of hydrogen-bond acceptors (Lipinski definition) is 3. The summed E-state index contributed by atoms with van der Waals surface area (Å²) < 4.78 is 5.41. The first-order valence-electron chi connectivity index (χ1n) is 5.91. The van der Waals surface area contributed by atoms with Crippen LogP contribution in [0, 0.1) is 20.8 Å². The smallest absolute Gasteiger partial charge is 0.255 e. The van der Waals surface area contributed by atoms with Crippen molar-refractivity contribution in [3.8, 4) is 5.75 Å². The summed E-state index contributed by atoms with van der Waals surface area (Å²) in [7, 11) is 3.24. The van der Waals surface area contributed by atoms with Gasteiger partial charge in [-0.1, -0.05) is 6.07 Å². The molecule has 0 fully saturated rings. The number of carbonyl (C=O) groups is 1. The highest BCUT2D eigenvalue weighted by molar-refractivity contribution is 5.98. The Balaban J connectivity index is 3.40. The van der Waals surface area contributed by atoms with Crippen LogP contribution in [0.5, 0.6) is 5.75 Å². The first-order chi connectivity index (χ1) is 8.31. The number of rotatable bonds is 3. The van der Waals surface area contributed by atoms with E-state index in [0.29, 0.717) is 11.4 Å². The summed E-state index contributed by atoms with van der Waals surface area (Å²) in [5.74, 6) is 0.337. The van der Waals surface area contributed by atoms with Gasteiger partial charge in [-0.3, -0.25) is 4.79 Å². The summed E-state index contributed by atoms with van der Waals surface area (Å²) in [5.41, 5.74) is 3.78. The topological polar surface area (TPSA) is 49.8 Å². The summed E-state index contributed by atoms with van der Waals surface area (Å²) >= 11 is 0. The summed E-state index contributed by atoms with van der Waals surface area (Å²) in [6.07, 6.45) is -1.03. The molecule has 0 saturated carbocycles. The Kier molecular flexibility index (Phi) is 4.35. The normalized spacial score (nSPS) is 12.2. The first kappa shape index (κ1) is 14.5. The van der Waals surface area contributed by atoms with Crippen LogP contribution in [0.2, 0.25) is 0 Å². The van der Waals surface area contributed by atoms with E-state index < -0.39 is 6.10 Å². The number of ether oxygens (including phenoxy) is 1. The lowest BCUT2D eigenvalue weighted by atomic mass is 10.0. The van der Waals surface area contributed by atoms with Crippen molar-refractivity contribution in [1.82, 2.24) is 0 Å². The van der Waals surface area contributed by atoms with Gasteiger partial charge in [0.05, 0.1) is 12.8 Å². The minimum atomic E-state index is -1.03. The fourth-order valence-corrected chi connectivity index (χ4v) is 2.09. The molecule has 4 nitrogen and oxygen atoms in total. The molecule has 1 amide bonds. The molecule has 18 heavy (non-hydrogen) atoms. The van der Waals surface area contributed by atoms with Gasteiger partial charge >= 0.3 is 0 Å². The number of aliphatic hydroxyl groups is 1. The molecule has 0 aliphatic heterocycles. The molecule has 0 radical (unpaired) electrons. The lowest BCUT2D eigenvalue weighted by molar-refractivity contribution is -0.125. The number of hydrogen-bond donors (Lipinski definition) is 1. The van der Waals surface area contributed by atoms with Crippen molar-refractivity contribution in [1.29, 1.82) is 0 Å². The van der Waals surface area contributed by atoms with Gasteiger partial charge in [0.1, 0.15) is 11.9 Å². The van der Waals surface area contributed by atoms with Crippen LogP contribution in [-0.2, 0) is 4.79 Å². The minimum absolute atomic E-state index is 0.348. The van der Waals surface area contributed by atoms with E-state index in [1.165, 1.54) is 11.8 Å². The Morgan fingerprint density at radius 1 is 1.33 bits per heavy atom. The third-order valence-corrected chi connectivity index (χ3v) is 3.18. The van der Waals surface area contributed by atoms with E-state index in [1.54, 1.807) is 14.2 Å². The molecule has 0 aliphatic rings. The minimum Gasteiger partial charge on any atom is -0.494 e. The molecule has 4 heteroatoms. The highest BCUT2D eigenvalue weighted by atomic mass is 16.5. The Labute approximate surface area is 108 Å². The third-order valence-electron chi connectivity index (χ3n) is 3.18. The van der Waals surface area contributed by atoms with Gasteiger partial charge in [-0.2, -0.15) is 0 Å². The first-order valence-corrected chi connectivity index (χ1v) is 5.91. The third kappa shape index (κ3) is 2.48. The fourth-order valence-electron chi connectivity index (χ4n) is 2.09. The van der Waals surface area contributed by atoms with Gasteiger partial charge in [0.15, 0.2) is 0 Å². The molecule has 0 heterocycles. The molecule has 1 rings (SSSR count). The fraction of sp³-hybridized carbons (Fsp3) is 0.500. The number of aliphatic hydroxyl groups excluding tert-OH is 1. The van der Waals surface area contributed by atoms with Crippen LogP contribution in [0.15, 0.2) is 6.07 Å². The Morgan fingerprint density at radius 2 is 1.89 bits per heavy atom. The molecule has 100 valence electrons. The molecule has 1 N–H and O–H groups in total. The molecule has 0 spiro atoms. The number of nitrogens with zero attached hydrogens (tertiary/aromatic N) is 1. The van der Waals surface area contributed by atoms with E-state index in [-0.39, 0.29) is 5.91 Å². The van der Waals surface area contributed by atoms with E-state index in [0.717, 1.165) is 16.7 Å². The zero-order valence-electron chi connectivity index (χ0n) is 11.9. The van der Waals surface area contributed by atoms with Crippen LogP contribution < -0.4 is 9.64 Å². The molecule has 0 saturated heterocycles. The average molecular weight is 251 g/mol. The van der Waals surface area contributed by atoms with Crippen LogP contribution in [0.3, 0.4) is 0 Å². The van der Waals surface area contributed by atoms with Crippen molar-refractivity contribution in [3.63, 3.8) is 0 Å². The molecular formula is C14H21NO3. The second-order valence-electron chi connectivity index (χ2n) is 4.59. The number of amides is 1. The summed E-state index contributed by atoms with van der Waals surface area (Å²) in [6.45, 7) is 7.35. The standard InChI is InChI=1S/C14H21NO3/c1-8-7-9(2)12(13(18-6)10(8)3)15(5)14(17)11(4)16/h7,11,16H,1-6H3. The molecule has 1 aromatic carbocycles. The SMILES string of the molecule is COc1c(C)c(C)cc(C)c1N(C)C(=O)C(C)O. The van der Waals surface area contributed by atoms with Crippen LogP contribution in [0.25, 0.3) is 0 Å². The maximum absolute atomic E-state index is 11.9. The van der Waals surface area contributed by atoms with E-state index in [1.807, 2.05) is 26.8 Å². The van der Waals surface area contributed by atoms with Crippen molar-refractivity contribution in [2.75, 3.05) is 19.1 Å². The maximum Gasteiger partial charge on any atom is 0.255 e. The lowest BCUT2D eigenvalue weighted by Gasteiger charge is -2.25. The van der Waals surface area contributed by atoms with Crippen LogP contribution in [0.1, 0.15) is 23.6 Å². The van der Waals surface area contributed by atoms with E-state index in [2.05, 4.69) is 0 Å². The van der Waals surface area contributed by atoms with Crippen molar-refractivity contribution < 1.29 is 14.6 Å². The maximum atomic E-state index is 11.9. The average Bonchev–Trinajstić information content (AvgIpc) is 2.31. The molecule has 1 atom stereocenters. The molecule has 0 aromatic heterocycles. The molecule has 1 aromatic rings. The summed E-state index contributed by atoms with van der Waals surface area (Å²) in [4.78, 5) is 13.3. The second kappa shape index (κ2) is 5.40. The predicted octanol–water partition coefficient (Wildman–Crippen LogP) is 1.96. The highest BCUT2D eigenvalue weighted by Gasteiger charge is 2.22. The zero-order valence-corrected chi connectivity index (χ0v) is 11.9. The molecular weight excluding hydrogens is 230 g/mol. The van der Waals surface area contributed by atoms with Crippen molar-refractivity contribution in [2.45, 2.75) is 33.8 Å². The van der Waals surface area contributed by atoms with Crippen molar-refractivity contribution in [3.05, 3.63) is 22.8 Å². The van der Waals surface area contributed by atoms with Gasteiger partial charge in [0, 0.05) is 7.05 Å². The van der Waals surface area contributed by atoms with Gasteiger partial charge < -0.3 is 14.7 Å².